The van der Waals surface area contributed by atoms with E-state index in [1.807, 2.05) is 0 Å². The highest BCUT2D eigenvalue weighted by atomic mass is 32.2. The predicted octanol–water partition coefficient (Wildman–Crippen LogP) is -0.323. The van der Waals surface area contributed by atoms with Crippen LogP contribution < -0.4 is 4.72 Å². The molecule has 7 heteroatoms. The Morgan fingerprint density at radius 2 is 2.36 bits per heavy atom. The summed E-state index contributed by atoms with van der Waals surface area (Å²) in [6.45, 7) is 2.05. The minimum atomic E-state index is -3.06. The van der Waals surface area contributed by atoms with E-state index in [4.69, 9.17) is 0 Å². The Morgan fingerprint density at radius 1 is 1.57 bits per heavy atom. The maximum atomic E-state index is 11.0. The molecular weight excluding hydrogens is 204 g/mol. The first-order valence-electron chi connectivity index (χ1n) is 4.45. The topological polar surface area (TPSA) is 87.7 Å². The number of aromatic nitrogens is 3. The maximum absolute atomic E-state index is 11.0. The van der Waals surface area contributed by atoms with Crippen LogP contribution in [0.1, 0.15) is 19.2 Å². The lowest BCUT2D eigenvalue weighted by Crippen LogP contribution is -2.26. The van der Waals surface area contributed by atoms with Crippen LogP contribution in [0.15, 0.2) is 6.33 Å². The average molecular weight is 218 g/mol. The van der Waals surface area contributed by atoms with Crippen molar-refractivity contribution in [2.24, 2.45) is 0 Å². The number of aryl methyl sites for hydroxylation is 1. The number of nitrogens with one attached hydrogen (secondary N) is 2. The van der Waals surface area contributed by atoms with Gasteiger partial charge in [0.1, 0.15) is 12.2 Å². The molecule has 0 aliphatic heterocycles. The van der Waals surface area contributed by atoms with Crippen molar-refractivity contribution in [2.75, 3.05) is 12.3 Å². The van der Waals surface area contributed by atoms with Crippen LogP contribution in [0.5, 0.6) is 0 Å². The van der Waals surface area contributed by atoms with E-state index < -0.39 is 10.0 Å². The molecule has 0 saturated heterocycles. The van der Waals surface area contributed by atoms with Crippen molar-refractivity contribution in [3.63, 3.8) is 0 Å². The second-order valence-electron chi connectivity index (χ2n) is 2.83. The molecule has 1 rings (SSSR count). The van der Waals surface area contributed by atoms with Gasteiger partial charge in [-0.15, -0.1) is 0 Å². The number of H-pyrrole nitrogens is 1. The van der Waals surface area contributed by atoms with Gasteiger partial charge < -0.3 is 0 Å². The number of aromatic amines is 1. The highest BCUT2D eigenvalue weighted by Gasteiger charge is 2.04. The van der Waals surface area contributed by atoms with Crippen LogP contribution in [-0.4, -0.2) is 35.9 Å². The second kappa shape index (κ2) is 5.06. The van der Waals surface area contributed by atoms with Crippen molar-refractivity contribution < 1.29 is 8.42 Å². The zero-order chi connectivity index (χ0) is 10.4. The van der Waals surface area contributed by atoms with Crippen LogP contribution in [0.4, 0.5) is 0 Å². The van der Waals surface area contributed by atoms with Crippen molar-refractivity contribution in [1.29, 1.82) is 0 Å². The number of hydrogen-bond acceptors (Lipinski definition) is 4. The molecular formula is C7H14N4O2S. The van der Waals surface area contributed by atoms with Gasteiger partial charge in [0.2, 0.25) is 10.0 Å². The second-order valence-corrected chi connectivity index (χ2v) is 4.93. The van der Waals surface area contributed by atoms with Gasteiger partial charge in [-0.3, -0.25) is 5.10 Å². The first kappa shape index (κ1) is 11.1. The van der Waals surface area contributed by atoms with Crippen molar-refractivity contribution >= 4 is 10.0 Å². The van der Waals surface area contributed by atoms with Crippen molar-refractivity contribution in [3.8, 4) is 0 Å². The number of hydrogen-bond donors (Lipinski definition) is 2. The standard InChI is InChI=1S/C7H14N4O2S/c1-2-14(12,13)10-5-3-4-7-8-6-9-11-7/h6,10H,2-5H2,1H3,(H,8,9,11). The Bertz CT molecular complexity index is 346. The Balaban J connectivity index is 2.17. The van der Waals surface area contributed by atoms with E-state index in [1.165, 1.54) is 6.33 Å². The molecule has 0 aliphatic rings. The average Bonchev–Trinajstić information content (AvgIpc) is 2.65. The van der Waals surface area contributed by atoms with Gasteiger partial charge in [-0.25, -0.2) is 18.1 Å². The number of nitrogens with zero attached hydrogens (tertiary/aromatic N) is 2. The first-order chi connectivity index (χ1) is 6.64. The lowest BCUT2D eigenvalue weighted by Gasteiger charge is -2.02. The highest BCUT2D eigenvalue weighted by Crippen LogP contribution is 1.92. The third kappa shape index (κ3) is 3.84. The Hall–Kier alpha value is -0.950. The van der Waals surface area contributed by atoms with E-state index in [0.717, 1.165) is 5.82 Å². The Kier molecular flexibility index (Phi) is 4.02. The summed E-state index contributed by atoms with van der Waals surface area (Å²) in [4.78, 5) is 3.93. The molecule has 0 spiro atoms. The van der Waals surface area contributed by atoms with Crippen LogP contribution in [0.2, 0.25) is 0 Å². The molecule has 0 aliphatic carbocycles. The largest absolute Gasteiger partial charge is 0.263 e. The van der Waals surface area contributed by atoms with E-state index in [1.54, 1.807) is 6.92 Å². The SMILES string of the molecule is CCS(=O)(=O)NCCCc1ncn[nH]1. The predicted molar refractivity (Wildman–Crippen MR) is 52.2 cm³/mol. The van der Waals surface area contributed by atoms with Gasteiger partial charge in [0.05, 0.1) is 5.75 Å². The van der Waals surface area contributed by atoms with Gasteiger partial charge in [0, 0.05) is 13.0 Å². The first-order valence-corrected chi connectivity index (χ1v) is 6.11. The van der Waals surface area contributed by atoms with Crippen LogP contribution in [0, 0.1) is 0 Å². The van der Waals surface area contributed by atoms with Gasteiger partial charge in [-0.2, -0.15) is 5.10 Å². The van der Waals surface area contributed by atoms with E-state index in [2.05, 4.69) is 19.9 Å². The van der Waals surface area contributed by atoms with Gasteiger partial charge in [-0.1, -0.05) is 0 Å². The molecule has 6 nitrogen and oxygen atoms in total. The molecule has 0 amide bonds. The molecule has 80 valence electrons. The van der Waals surface area contributed by atoms with Crippen molar-refractivity contribution in [3.05, 3.63) is 12.2 Å². The fourth-order valence-electron chi connectivity index (χ4n) is 0.937. The van der Waals surface area contributed by atoms with Crippen LogP contribution in [0.25, 0.3) is 0 Å². The van der Waals surface area contributed by atoms with Gasteiger partial charge in [0.15, 0.2) is 0 Å². The summed E-state index contributed by atoms with van der Waals surface area (Å²) in [5.74, 6) is 0.899. The normalized spacial score (nSPS) is 11.8. The van der Waals surface area contributed by atoms with E-state index in [9.17, 15) is 8.42 Å². The molecule has 2 N–H and O–H groups in total. The summed E-state index contributed by atoms with van der Waals surface area (Å²) in [7, 11) is -3.06. The Morgan fingerprint density at radius 3 is 2.93 bits per heavy atom. The summed E-state index contributed by atoms with van der Waals surface area (Å²) in [6.07, 6.45) is 2.85. The zero-order valence-corrected chi connectivity index (χ0v) is 8.84. The van der Waals surface area contributed by atoms with E-state index in [0.29, 0.717) is 19.4 Å². The molecule has 0 fully saturated rings. The third-order valence-corrected chi connectivity index (χ3v) is 3.16. The molecule has 0 unspecified atom stereocenters. The fraction of sp³-hybridized carbons (Fsp3) is 0.714. The fourth-order valence-corrected chi connectivity index (χ4v) is 1.60. The summed E-state index contributed by atoms with van der Waals surface area (Å²) in [6, 6.07) is 0. The molecule has 0 saturated carbocycles. The Labute approximate surface area is 83.2 Å². The quantitative estimate of drug-likeness (QED) is 0.640. The van der Waals surface area contributed by atoms with Crippen molar-refractivity contribution in [1.82, 2.24) is 19.9 Å². The number of sulfonamides is 1. The summed E-state index contributed by atoms with van der Waals surface area (Å²) in [5.41, 5.74) is 0. The molecule has 14 heavy (non-hydrogen) atoms. The third-order valence-electron chi connectivity index (χ3n) is 1.76. The molecule has 0 atom stereocenters. The monoisotopic (exact) mass is 218 g/mol. The summed E-state index contributed by atoms with van der Waals surface area (Å²) < 4.78 is 24.5. The molecule has 0 bridgehead atoms. The molecule has 1 aromatic rings. The molecule has 0 aromatic carbocycles. The molecule has 1 aromatic heterocycles. The van der Waals surface area contributed by atoms with Crippen molar-refractivity contribution in [2.45, 2.75) is 19.8 Å². The van der Waals surface area contributed by atoms with Gasteiger partial charge in [0.25, 0.3) is 0 Å². The molecule has 0 radical (unpaired) electrons. The minimum absolute atomic E-state index is 0.120. The van der Waals surface area contributed by atoms with E-state index in [-0.39, 0.29) is 5.75 Å². The van der Waals surface area contributed by atoms with Gasteiger partial charge >= 0.3 is 0 Å². The smallest absolute Gasteiger partial charge is 0.211 e. The number of rotatable bonds is 6. The highest BCUT2D eigenvalue weighted by molar-refractivity contribution is 7.89. The van der Waals surface area contributed by atoms with E-state index >= 15 is 0 Å². The summed E-state index contributed by atoms with van der Waals surface area (Å²) in [5, 5.41) is 6.40. The maximum Gasteiger partial charge on any atom is 0.211 e. The summed E-state index contributed by atoms with van der Waals surface area (Å²) >= 11 is 0. The lowest BCUT2D eigenvalue weighted by molar-refractivity contribution is 0.579. The van der Waals surface area contributed by atoms with Gasteiger partial charge in [-0.05, 0) is 13.3 Å². The van der Waals surface area contributed by atoms with Crippen LogP contribution in [0.3, 0.4) is 0 Å². The van der Waals surface area contributed by atoms with Crippen LogP contribution in [-0.2, 0) is 16.4 Å². The lowest BCUT2D eigenvalue weighted by atomic mass is 10.3. The zero-order valence-electron chi connectivity index (χ0n) is 8.02. The van der Waals surface area contributed by atoms with Crippen LogP contribution >= 0.6 is 0 Å². The molecule has 1 heterocycles. The minimum Gasteiger partial charge on any atom is -0.263 e.